The van der Waals surface area contributed by atoms with Gasteiger partial charge in [0.25, 0.3) is 5.56 Å². The van der Waals surface area contributed by atoms with E-state index in [-0.39, 0.29) is 23.6 Å². The van der Waals surface area contributed by atoms with Crippen LogP contribution in [0.5, 0.6) is 0 Å². The number of amides is 1. The van der Waals surface area contributed by atoms with Crippen molar-refractivity contribution in [3.05, 3.63) is 52.2 Å². The molecule has 136 valence electrons. The number of benzene rings is 1. The minimum absolute atomic E-state index is 0.0756. The summed E-state index contributed by atoms with van der Waals surface area (Å²) in [6.45, 7) is 9.62. The fourth-order valence-corrected chi connectivity index (χ4v) is 2.89. The Labute approximate surface area is 151 Å². The molecule has 7 heteroatoms. The Balaban J connectivity index is 1.99. The Kier molecular flexibility index (Phi) is 4.39. The zero-order valence-electron chi connectivity index (χ0n) is 15.7. The summed E-state index contributed by atoms with van der Waals surface area (Å²) in [4.78, 5) is 29.2. The molecule has 0 atom stereocenters. The molecule has 0 bridgehead atoms. The van der Waals surface area contributed by atoms with Crippen LogP contribution in [0.3, 0.4) is 0 Å². The lowest BCUT2D eigenvalue weighted by molar-refractivity contribution is -0.123. The quantitative estimate of drug-likeness (QED) is 0.782. The lowest BCUT2D eigenvalue weighted by atomic mass is 10.1. The minimum atomic E-state index is -0.355. The van der Waals surface area contributed by atoms with E-state index in [0.29, 0.717) is 11.0 Å². The number of hydrogen-bond donors (Lipinski definition) is 1. The molecule has 0 radical (unpaired) electrons. The highest BCUT2D eigenvalue weighted by atomic mass is 16.2. The zero-order valence-corrected chi connectivity index (χ0v) is 15.7. The Morgan fingerprint density at radius 3 is 2.62 bits per heavy atom. The number of carbonyl (C=O) groups is 1. The number of rotatable bonds is 3. The van der Waals surface area contributed by atoms with E-state index in [4.69, 9.17) is 0 Å². The van der Waals surface area contributed by atoms with Crippen LogP contribution in [-0.4, -0.2) is 30.8 Å². The molecule has 0 saturated heterocycles. The van der Waals surface area contributed by atoms with Gasteiger partial charge in [-0.05, 0) is 46.2 Å². The molecule has 0 aliphatic heterocycles. The van der Waals surface area contributed by atoms with Gasteiger partial charge in [-0.1, -0.05) is 17.7 Å². The fourth-order valence-electron chi connectivity index (χ4n) is 2.89. The Morgan fingerprint density at radius 1 is 1.23 bits per heavy atom. The average Bonchev–Trinajstić information content (AvgIpc) is 2.93. The average molecular weight is 353 g/mol. The zero-order chi connectivity index (χ0) is 19.1. The van der Waals surface area contributed by atoms with E-state index in [1.54, 1.807) is 4.68 Å². The molecule has 3 rings (SSSR count). The van der Waals surface area contributed by atoms with Crippen molar-refractivity contribution in [2.45, 2.75) is 46.7 Å². The van der Waals surface area contributed by atoms with E-state index in [1.807, 2.05) is 46.8 Å². The van der Waals surface area contributed by atoms with E-state index in [0.717, 1.165) is 16.8 Å². The molecule has 0 saturated carbocycles. The van der Waals surface area contributed by atoms with Crippen molar-refractivity contribution >= 4 is 16.9 Å². The van der Waals surface area contributed by atoms with Gasteiger partial charge in [0, 0.05) is 5.54 Å². The van der Waals surface area contributed by atoms with Crippen molar-refractivity contribution in [3.63, 3.8) is 0 Å². The van der Waals surface area contributed by atoms with Crippen LogP contribution in [0.1, 0.15) is 31.9 Å². The second-order valence-electron chi connectivity index (χ2n) is 7.56. The summed E-state index contributed by atoms with van der Waals surface area (Å²) in [5, 5.41) is 7.56. The first-order chi connectivity index (χ1) is 12.2. The van der Waals surface area contributed by atoms with Gasteiger partial charge in [0.1, 0.15) is 18.3 Å². The van der Waals surface area contributed by atoms with E-state index >= 15 is 0 Å². The minimum Gasteiger partial charge on any atom is -0.350 e. The largest absolute Gasteiger partial charge is 0.350 e. The number of carbonyl (C=O) groups excluding carboxylic acids is 1. The number of aryl methyl sites for hydroxylation is 2. The van der Waals surface area contributed by atoms with Crippen LogP contribution in [0, 0.1) is 13.8 Å². The lowest BCUT2D eigenvalue weighted by Crippen LogP contribution is -2.43. The van der Waals surface area contributed by atoms with E-state index in [2.05, 4.69) is 21.5 Å². The van der Waals surface area contributed by atoms with Crippen LogP contribution < -0.4 is 10.9 Å². The van der Waals surface area contributed by atoms with E-state index in [9.17, 15) is 9.59 Å². The maximum atomic E-state index is 12.7. The molecule has 1 aromatic carbocycles. The second kappa shape index (κ2) is 6.40. The van der Waals surface area contributed by atoms with Gasteiger partial charge in [0.15, 0.2) is 5.65 Å². The smallest absolute Gasteiger partial charge is 0.264 e. The van der Waals surface area contributed by atoms with Crippen LogP contribution in [0.2, 0.25) is 0 Å². The Hall–Kier alpha value is -2.96. The summed E-state index contributed by atoms with van der Waals surface area (Å²) < 4.78 is 2.96. The van der Waals surface area contributed by atoms with Crippen LogP contribution in [0.15, 0.2) is 35.5 Å². The van der Waals surface area contributed by atoms with Crippen molar-refractivity contribution in [2.75, 3.05) is 0 Å². The molecule has 2 aromatic heterocycles. The third kappa shape index (κ3) is 3.51. The third-order valence-corrected chi connectivity index (χ3v) is 3.96. The fraction of sp³-hybridized carbons (Fsp3) is 0.368. The third-order valence-electron chi connectivity index (χ3n) is 3.96. The maximum absolute atomic E-state index is 12.7. The molecular weight excluding hydrogens is 330 g/mol. The first-order valence-corrected chi connectivity index (χ1v) is 8.47. The van der Waals surface area contributed by atoms with Gasteiger partial charge < -0.3 is 5.32 Å². The highest BCUT2D eigenvalue weighted by molar-refractivity contribution is 5.78. The molecule has 0 unspecified atom stereocenters. The Bertz CT molecular complexity index is 1040. The second-order valence-corrected chi connectivity index (χ2v) is 7.56. The van der Waals surface area contributed by atoms with Gasteiger partial charge in [-0.15, -0.1) is 0 Å². The molecular formula is C19H23N5O2. The number of nitrogens with zero attached hydrogens (tertiary/aromatic N) is 4. The van der Waals surface area contributed by atoms with E-state index in [1.165, 1.54) is 17.1 Å². The van der Waals surface area contributed by atoms with Crippen molar-refractivity contribution in [3.8, 4) is 5.69 Å². The highest BCUT2D eigenvalue weighted by Gasteiger charge is 2.17. The molecule has 0 spiro atoms. The first kappa shape index (κ1) is 17.8. The molecule has 26 heavy (non-hydrogen) atoms. The molecule has 3 aromatic rings. The summed E-state index contributed by atoms with van der Waals surface area (Å²) in [6.07, 6.45) is 2.90. The number of fused-ring (bicyclic) bond motifs is 1. The first-order valence-electron chi connectivity index (χ1n) is 8.47. The standard InChI is InChI=1S/C19H23N5O2/c1-12-6-7-15(13(2)8-12)24-17-14(9-21-24)18(26)23(11-20-17)10-16(25)22-19(3,4)5/h6-9,11H,10H2,1-5H3,(H,22,25). The molecule has 0 aliphatic rings. The summed E-state index contributed by atoms with van der Waals surface area (Å²) in [5.41, 5.74) is 2.92. The summed E-state index contributed by atoms with van der Waals surface area (Å²) in [5.74, 6) is -0.234. The lowest BCUT2D eigenvalue weighted by Gasteiger charge is -2.20. The maximum Gasteiger partial charge on any atom is 0.264 e. The van der Waals surface area contributed by atoms with Crippen molar-refractivity contribution < 1.29 is 4.79 Å². The van der Waals surface area contributed by atoms with Crippen LogP contribution in [0.4, 0.5) is 0 Å². The van der Waals surface area contributed by atoms with Gasteiger partial charge in [0.2, 0.25) is 5.91 Å². The summed E-state index contributed by atoms with van der Waals surface area (Å²) in [6, 6.07) is 6.01. The topological polar surface area (TPSA) is 81.8 Å². The van der Waals surface area contributed by atoms with Gasteiger partial charge >= 0.3 is 0 Å². The van der Waals surface area contributed by atoms with Crippen molar-refractivity contribution in [1.82, 2.24) is 24.6 Å². The van der Waals surface area contributed by atoms with Crippen LogP contribution >= 0.6 is 0 Å². The Morgan fingerprint density at radius 2 is 1.96 bits per heavy atom. The van der Waals surface area contributed by atoms with Crippen molar-refractivity contribution in [2.24, 2.45) is 0 Å². The summed E-state index contributed by atoms with van der Waals surface area (Å²) in [7, 11) is 0. The number of hydrogen-bond acceptors (Lipinski definition) is 4. The molecule has 2 heterocycles. The van der Waals surface area contributed by atoms with Gasteiger partial charge in [-0.25, -0.2) is 9.67 Å². The normalized spacial score (nSPS) is 11.7. The van der Waals surface area contributed by atoms with Gasteiger partial charge in [-0.3, -0.25) is 14.2 Å². The predicted octanol–water partition coefficient (Wildman–Crippen LogP) is 2.11. The van der Waals surface area contributed by atoms with Crippen molar-refractivity contribution in [1.29, 1.82) is 0 Å². The van der Waals surface area contributed by atoms with Crippen LogP contribution in [-0.2, 0) is 11.3 Å². The molecule has 0 aliphatic carbocycles. The van der Waals surface area contributed by atoms with E-state index < -0.39 is 0 Å². The highest BCUT2D eigenvalue weighted by Crippen LogP contribution is 2.18. The SMILES string of the molecule is Cc1ccc(-n2ncc3c(=O)n(CC(=O)NC(C)(C)C)cnc32)c(C)c1. The molecule has 7 nitrogen and oxygen atoms in total. The number of nitrogens with one attached hydrogen (secondary N) is 1. The molecule has 1 amide bonds. The number of aromatic nitrogens is 4. The summed E-state index contributed by atoms with van der Waals surface area (Å²) >= 11 is 0. The molecule has 0 fully saturated rings. The van der Waals surface area contributed by atoms with Gasteiger partial charge in [0.05, 0.1) is 11.9 Å². The monoisotopic (exact) mass is 353 g/mol. The predicted molar refractivity (Wildman–Crippen MR) is 100 cm³/mol. The van der Waals surface area contributed by atoms with Gasteiger partial charge in [-0.2, -0.15) is 5.10 Å². The van der Waals surface area contributed by atoms with Crippen LogP contribution in [0.25, 0.3) is 16.7 Å². The molecule has 1 N–H and O–H groups in total.